The van der Waals surface area contributed by atoms with Gasteiger partial charge in [0.1, 0.15) is 12.1 Å². The highest BCUT2D eigenvalue weighted by Gasteiger charge is 2.14. The largest absolute Gasteiger partial charge is 0.454 e. The van der Waals surface area contributed by atoms with Crippen molar-refractivity contribution < 1.29 is 9.47 Å². The second-order valence-electron chi connectivity index (χ2n) is 5.07. The molecule has 1 N–H and O–H groups in total. The van der Waals surface area contributed by atoms with Gasteiger partial charge in [0.2, 0.25) is 6.79 Å². The lowest BCUT2D eigenvalue weighted by atomic mass is 10.1. The molecule has 23 heavy (non-hydrogen) atoms. The third-order valence-electron chi connectivity index (χ3n) is 3.53. The first-order chi connectivity index (χ1) is 11.4. The molecule has 2 aromatic heterocycles. The van der Waals surface area contributed by atoms with Gasteiger partial charge in [-0.05, 0) is 29.8 Å². The Morgan fingerprint density at radius 2 is 2.00 bits per heavy atom. The Hall–Kier alpha value is -3.15. The van der Waals surface area contributed by atoms with Crippen LogP contribution in [0.1, 0.15) is 5.56 Å². The highest BCUT2D eigenvalue weighted by molar-refractivity contribution is 5.66. The number of nitrogens with one attached hydrogen (secondary N) is 1. The zero-order valence-electron chi connectivity index (χ0n) is 12.3. The molecule has 0 atom stereocenters. The summed E-state index contributed by atoms with van der Waals surface area (Å²) in [7, 11) is 0. The van der Waals surface area contributed by atoms with Crippen LogP contribution < -0.4 is 14.8 Å². The van der Waals surface area contributed by atoms with Gasteiger partial charge in [-0.2, -0.15) is 0 Å². The lowest BCUT2D eigenvalue weighted by Gasteiger charge is -2.07. The molecule has 0 spiro atoms. The van der Waals surface area contributed by atoms with Crippen LogP contribution >= 0.6 is 0 Å². The first-order valence-electron chi connectivity index (χ1n) is 7.23. The maximum atomic E-state index is 5.41. The molecule has 6 heteroatoms. The summed E-state index contributed by atoms with van der Waals surface area (Å²) in [6, 6.07) is 11.6. The summed E-state index contributed by atoms with van der Waals surface area (Å²) in [4.78, 5) is 12.7. The van der Waals surface area contributed by atoms with E-state index in [-0.39, 0.29) is 6.79 Å². The zero-order chi connectivity index (χ0) is 15.5. The van der Waals surface area contributed by atoms with Crippen molar-refractivity contribution in [2.45, 2.75) is 6.54 Å². The van der Waals surface area contributed by atoms with E-state index in [1.165, 1.54) is 0 Å². The Morgan fingerprint density at radius 1 is 1.04 bits per heavy atom. The molecule has 3 aromatic rings. The van der Waals surface area contributed by atoms with Crippen molar-refractivity contribution in [3.63, 3.8) is 0 Å². The second-order valence-corrected chi connectivity index (χ2v) is 5.07. The van der Waals surface area contributed by atoms with Gasteiger partial charge in [0, 0.05) is 30.6 Å². The van der Waals surface area contributed by atoms with Crippen LogP contribution in [0.15, 0.2) is 55.1 Å². The molecular weight excluding hydrogens is 292 g/mol. The molecule has 0 unspecified atom stereocenters. The van der Waals surface area contributed by atoms with Crippen LogP contribution in [0.2, 0.25) is 0 Å². The summed E-state index contributed by atoms with van der Waals surface area (Å²) < 4.78 is 10.7. The average molecular weight is 306 g/mol. The van der Waals surface area contributed by atoms with Crippen LogP contribution in [-0.2, 0) is 6.54 Å². The molecule has 0 fully saturated rings. The minimum atomic E-state index is 0.264. The third kappa shape index (κ3) is 2.91. The van der Waals surface area contributed by atoms with Crippen molar-refractivity contribution >= 4 is 5.82 Å². The van der Waals surface area contributed by atoms with E-state index in [1.807, 2.05) is 42.6 Å². The number of fused-ring (bicyclic) bond motifs is 1. The van der Waals surface area contributed by atoms with Crippen molar-refractivity contribution in [3.05, 3.63) is 60.7 Å². The van der Waals surface area contributed by atoms with Gasteiger partial charge in [0.25, 0.3) is 0 Å². The highest BCUT2D eigenvalue weighted by atomic mass is 16.7. The molecule has 0 radical (unpaired) electrons. The fourth-order valence-corrected chi connectivity index (χ4v) is 2.36. The number of benzene rings is 1. The minimum absolute atomic E-state index is 0.264. The molecule has 6 nitrogen and oxygen atoms in total. The second kappa shape index (κ2) is 5.92. The summed E-state index contributed by atoms with van der Waals surface area (Å²) in [5.74, 6) is 2.26. The Balaban J connectivity index is 1.54. The van der Waals surface area contributed by atoms with Crippen LogP contribution in [0.3, 0.4) is 0 Å². The summed E-state index contributed by atoms with van der Waals surface area (Å²) in [6.45, 7) is 0.923. The Bertz CT molecular complexity index is 824. The zero-order valence-corrected chi connectivity index (χ0v) is 12.3. The molecule has 0 saturated carbocycles. The molecule has 3 heterocycles. The van der Waals surface area contributed by atoms with Gasteiger partial charge in [-0.1, -0.05) is 6.07 Å². The van der Waals surface area contributed by atoms with Crippen molar-refractivity contribution in [2.24, 2.45) is 0 Å². The fourth-order valence-electron chi connectivity index (χ4n) is 2.36. The summed E-state index contributed by atoms with van der Waals surface area (Å²) in [5, 5.41) is 3.28. The van der Waals surface area contributed by atoms with Gasteiger partial charge in [0.05, 0.1) is 5.69 Å². The molecule has 114 valence electrons. The van der Waals surface area contributed by atoms with Crippen LogP contribution in [0.5, 0.6) is 11.5 Å². The molecule has 1 aliphatic rings. The molecule has 0 amide bonds. The van der Waals surface area contributed by atoms with Gasteiger partial charge in [-0.25, -0.2) is 9.97 Å². The maximum Gasteiger partial charge on any atom is 0.231 e. The van der Waals surface area contributed by atoms with Crippen molar-refractivity contribution in [1.29, 1.82) is 0 Å². The number of pyridine rings is 1. The van der Waals surface area contributed by atoms with Crippen LogP contribution in [-0.4, -0.2) is 21.7 Å². The van der Waals surface area contributed by atoms with E-state index in [0.717, 1.165) is 34.1 Å². The molecular formula is C17H14N4O2. The lowest BCUT2D eigenvalue weighted by Crippen LogP contribution is -2.02. The first kappa shape index (κ1) is 13.5. The third-order valence-corrected chi connectivity index (χ3v) is 3.53. The predicted molar refractivity (Wildman–Crippen MR) is 85.2 cm³/mol. The highest BCUT2D eigenvalue weighted by Crippen LogP contribution is 2.35. The number of ether oxygens (including phenoxy) is 2. The summed E-state index contributed by atoms with van der Waals surface area (Å²) >= 11 is 0. The average Bonchev–Trinajstić information content (AvgIpc) is 3.09. The van der Waals surface area contributed by atoms with Crippen molar-refractivity contribution in [1.82, 2.24) is 15.0 Å². The maximum absolute atomic E-state index is 5.41. The molecule has 0 bridgehead atoms. The van der Waals surface area contributed by atoms with Gasteiger partial charge in [0.15, 0.2) is 11.5 Å². The van der Waals surface area contributed by atoms with Gasteiger partial charge < -0.3 is 14.8 Å². The minimum Gasteiger partial charge on any atom is -0.454 e. The SMILES string of the molecule is c1cncc(CNc2cc(-c3ccc4c(c3)OCO4)ncn2)c1. The van der Waals surface area contributed by atoms with Gasteiger partial charge in [-0.3, -0.25) is 4.98 Å². The number of hydrogen-bond donors (Lipinski definition) is 1. The van der Waals surface area contributed by atoms with E-state index in [1.54, 1.807) is 12.5 Å². The number of anilines is 1. The van der Waals surface area contributed by atoms with E-state index in [4.69, 9.17) is 9.47 Å². The lowest BCUT2D eigenvalue weighted by molar-refractivity contribution is 0.174. The van der Waals surface area contributed by atoms with Crippen LogP contribution in [0, 0.1) is 0 Å². The van der Waals surface area contributed by atoms with E-state index in [2.05, 4.69) is 20.3 Å². The number of nitrogens with zero attached hydrogens (tertiary/aromatic N) is 3. The normalized spacial score (nSPS) is 12.2. The standard InChI is InChI=1S/C17H14N4O2/c1-2-12(8-18-5-1)9-19-17-7-14(20-10-21-17)13-3-4-15-16(6-13)23-11-22-15/h1-8,10H,9,11H2,(H,19,20,21). The molecule has 0 aliphatic carbocycles. The predicted octanol–water partition coefficient (Wildman–Crippen LogP) is 2.88. The number of hydrogen-bond acceptors (Lipinski definition) is 6. The fraction of sp³-hybridized carbons (Fsp3) is 0.118. The quantitative estimate of drug-likeness (QED) is 0.799. The van der Waals surface area contributed by atoms with Gasteiger partial charge >= 0.3 is 0 Å². The summed E-state index contributed by atoms with van der Waals surface area (Å²) in [6.07, 6.45) is 5.13. The Kier molecular flexibility index (Phi) is 3.48. The van der Waals surface area contributed by atoms with Crippen molar-refractivity contribution in [3.8, 4) is 22.8 Å². The van der Waals surface area contributed by atoms with Crippen molar-refractivity contribution in [2.75, 3.05) is 12.1 Å². The smallest absolute Gasteiger partial charge is 0.231 e. The van der Waals surface area contributed by atoms with E-state index in [0.29, 0.717) is 6.54 Å². The van der Waals surface area contributed by atoms with Gasteiger partial charge in [-0.15, -0.1) is 0 Å². The Morgan fingerprint density at radius 3 is 2.91 bits per heavy atom. The molecule has 1 aromatic carbocycles. The molecule has 1 aliphatic heterocycles. The monoisotopic (exact) mass is 306 g/mol. The molecule has 0 saturated heterocycles. The van der Waals surface area contributed by atoms with E-state index in [9.17, 15) is 0 Å². The van der Waals surface area contributed by atoms with E-state index < -0.39 is 0 Å². The van der Waals surface area contributed by atoms with Crippen LogP contribution in [0.4, 0.5) is 5.82 Å². The van der Waals surface area contributed by atoms with Crippen LogP contribution in [0.25, 0.3) is 11.3 Å². The summed E-state index contributed by atoms with van der Waals surface area (Å²) in [5.41, 5.74) is 2.88. The number of rotatable bonds is 4. The Labute approximate surface area is 133 Å². The first-order valence-corrected chi connectivity index (χ1v) is 7.23. The van der Waals surface area contributed by atoms with E-state index >= 15 is 0 Å². The number of aromatic nitrogens is 3. The topological polar surface area (TPSA) is 69.2 Å². The molecule has 4 rings (SSSR count).